The monoisotopic (exact) mass is 289 g/mol. The molecule has 1 unspecified atom stereocenters. The van der Waals surface area contributed by atoms with Crippen molar-refractivity contribution in [3.05, 3.63) is 35.9 Å². The highest BCUT2D eigenvalue weighted by Gasteiger charge is 2.24. The van der Waals surface area contributed by atoms with Crippen molar-refractivity contribution >= 4 is 5.91 Å². The summed E-state index contributed by atoms with van der Waals surface area (Å²) in [6, 6.07) is 10.8. The van der Waals surface area contributed by atoms with Crippen LogP contribution < -0.4 is 11.1 Å². The first-order valence-corrected chi connectivity index (χ1v) is 7.77. The molecule has 0 aliphatic carbocycles. The summed E-state index contributed by atoms with van der Waals surface area (Å²) in [5, 5.41) is 3.13. The maximum atomic E-state index is 11.9. The predicted octanol–water partition coefficient (Wildman–Crippen LogP) is 1.89. The maximum Gasteiger partial charge on any atom is 0.220 e. The molecule has 21 heavy (non-hydrogen) atoms. The minimum absolute atomic E-state index is 0.125. The van der Waals surface area contributed by atoms with Gasteiger partial charge in [0.15, 0.2) is 0 Å². The molecule has 1 atom stereocenters. The average molecular weight is 289 g/mol. The average Bonchev–Trinajstić information content (AvgIpc) is 2.84. The highest BCUT2D eigenvalue weighted by molar-refractivity contribution is 5.76. The first-order valence-electron chi connectivity index (χ1n) is 7.77. The van der Waals surface area contributed by atoms with Gasteiger partial charge in [-0.25, -0.2) is 0 Å². The Morgan fingerprint density at radius 2 is 2.10 bits per heavy atom. The summed E-state index contributed by atoms with van der Waals surface area (Å²) in [4.78, 5) is 14.3. The van der Waals surface area contributed by atoms with Gasteiger partial charge < -0.3 is 11.1 Å². The number of nitrogens with zero attached hydrogens (tertiary/aromatic N) is 1. The fourth-order valence-corrected chi connectivity index (χ4v) is 2.67. The summed E-state index contributed by atoms with van der Waals surface area (Å²) in [5.74, 6) is 0.125. The number of benzene rings is 1. The minimum atomic E-state index is -0.271. The normalized spacial score (nSPS) is 19.7. The molecule has 3 N–H and O–H groups in total. The zero-order valence-electron chi connectivity index (χ0n) is 13.1. The molecule has 2 rings (SSSR count). The largest absolute Gasteiger partial charge is 0.352 e. The molecule has 1 fully saturated rings. The molecule has 1 heterocycles. The Morgan fingerprint density at radius 3 is 2.76 bits per heavy atom. The van der Waals surface area contributed by atoms with Crippen LogP contribution in [0.2, 0.25) is 0 Å². The van der Waals surface area contributed by atoms with Crippen LogP contribution in [0.25, 0.3) is 0 Å². The van der Waals surface area contributed by atoms with Gasteiger partial charge in [-0.05, 0) is 32.3 Å². The standard InChI is InChI=1S/C17H27N3O/c1-17(2,18)10-8-16(21)19-15-9-11-20(13-15)12-14-6-4-3-5-7-14/h3-7,15H,8-13,18H2,1-2H3,(H,19,21). The van der Waals surface area contributed by atoms with Crippen molar-refractivity contribution < 1.29 is 4.79 Å². The molecule has 4 nitrogen and oxygen atoms in total. The van der Waals surface area contributed by atoms with E-state index >= 15 is 0 Å². The van der Waals surface area contributed by atoms with Gasteiger partial charge in [0.2, 0.25) is 5.91 Å². The number of nitrogens with two attached hydrogens (primary N) is 1. The van der Waals surface area contributed by atoms with Crippen molar-refractivity contribution in [1.29, 1.82) is 0 Å². The zero-order chi connectivity index (χ0) is 15.3. The van der Waals surface area contributed by atoms with Crippen LogP contribution in [0.4, 0.5) is 0 Å². The summed E-state index contributed by atoms with van der Waals surface area (Å²) in [7, 11) is 0. The molecular weight excluding hydrogens is 262 g/mol. The molecule has 4 heteroatoms. The van der Waals surface area contributed by atoms with Crippen LogP contribution in [0.15, 0.2) is 30.3 Å². The smallest absolute Gasteiger partial charge is 0.220 e. The second-order valence-electron chi connectivity index (χ2n) is 6.76. The van der Waals surface area contributed by atoms with Gasteiger partial charge in [-0.2, -0.15) is 0 Å². The van der Waals surface area contributed by atoms with E-state index in [1.165, 1.54) is 5.56 Å². The van der Waals surface area contributed by atoms with E-state index in [4.69, 9.17) is 5.73 Å². The lowest BCUT2D eigenvalue weighted by Crippen LogP contribution is -2.39. The first-order chi connectivity index (χ1) is 9.92. The Bertz CT molecular complexity index is 453. The molecule has 1 saturated heterocycles. The van der Waals surface area contributed by atoms with Crippen molar-refractivity contribution in [3.63, 3.8) is 0 Å². The van der Waals surface area contributed by atoms with Crippen molar-refractivity contribution in [1.82, 2.24) is 10.2 Å². The molecule has 0 radical (unpaired) electrons. The van der Waals surface area contributed by atoms with E-state index in [2.05, 4.69) is 34.5 Å². The van der Waals surface area contributed by atoms with Crippen LogP contribution in [0.1, 0.15) is 38.7 Å². The fraction of sp³-hybridized carbons (Fsp3) is 0.588. The van der Waals surface area contributed by atoms with E-state index in [1.54, 1.807) is 0 Å². The van der Waals surface area contributed by atoms with Gasteiger partial charge in [0, 0.05) is 37.6 Å². The molecule has 116 valence electrons. The molecule has 0 saturated carbocycles. The SMILES string of the molecule is CC(C)(N)CCC(=O)NC1CCN(Cc2ccccc2)C1. The van der Waals surface area contributed by atoms with E-state index in [1.807, 2.05) is 19.9 Å². The molecule has 1 amide bonds. The Morgan fingerprint density at radius 1 is 1.38 bits per heavy atom. The van der Waals surface area contributed by atoms with Gasteiger partial charge in [-0.3, -0.25) is 9.69 Å². The zero-order valence-corrected chi connectivity index (χ0v) is 13.1. The van der Waals surface area contributed by atoms with Gasteiger partial charge in [0.05, 0.1) is 0 Å². The molecule has 0 bridgehead atoms. The van der Waals surface area contributed by atoms with E-state index < -0.39 is 0 Å². The van der Waals surface area contributed by atoms with Crippen LogP contribution in [0, 0.1) is 0 Å². The van der Waals surface area contributed by atoms with Gasteiger partial charge in [0.1, 0.15) is 0 Å². The first kappa shape index (κ1) is 16.0. The number of carbonyl (C=O) groups excluding carboxylic acids is 1. The molecule has 0 aromatic heterocycles. The van der Waals surface area contributed by atoms with E-state index in [0.717, 1.165) is 32.5 Å². The van der Waals surface area contributed by atoms with Crippen molar-refractivity contribution in [2.45, 2.75) is 51.2 Å². The molecule has 1 aromatic rings. The lowest BCUT2D eigenvalue weighted by Gasteiger charge is -2.19. The summed E-state index contributed by atoms with van der Waals surface area (Å²) >= 11 is 0. The van der Waals surface area contributed by atoms with Gasteiger partial charge in [-0.1, -0.05) is 30.3 Å². The lowest BCUT2D eigenvalue weighted by atomic mass is 10.00. The van der Waals surface area contributed by atoms with Gasteiger partial charge in [-0.15, -0.1) is 0 Å². The molecule has 0 spiro atoms. The summed E-state index contributed by atoms with van der Waals surface area (Å²) in [6.45, 7) is 6.85. The van der Waals surface area contributed by atoms with E-state index in [-0.39, 0.29) is 17.5 Å². The molecule has 1 aromatic carbocycles. The second kappa shape index (κ2) is 7.05. The number of hydrogen-bond donors (Lipinski definition) is 2. The Hall–Kier alpha value is -1.39. The fourth-order valence-electron chi connectivity index (χ4n) is 2.67. The van der Waals surface area contributed by atoms with Crippen molar-refractivity contribution in [3.8, 4) is 0 Å². The third kappa shape index (κ3) is 5.86. The molecule has 1 aliphatic rings. The Labute approximate surface area is 127 Å². The van der Waals surface area contributed by atoms with Crippen LogP contribution in [0.5, 0.6) is 0 Å². The van der Waals surface area contributed by atoms with Crippen LogP contribution in [-0.2, 0) is 11.3 Å². The predicted molar refractivity (Wildman–Crippen MR) is 85.8 cm³/mol. The van der Waals surface area contributed by atoms with Crippen molar-refractivity contribution in [2.24, 2.45) is 5.73 Å². The number of hydrogen-bond acceptors (Lipinski definition) is 3. The van der Waals surface area contributed by atoms with Crippen LogP contribution in [0.3, 0.4) is 0 Å². The third-order valence-electron chi connectivity index (χ3n) is 3.88. The summed E-state index contributed by atoms with van der Waals surface area (Å²) in [5.41, 5.74) is 6.97. The highest BCUT2D eigenvalue weighted by atomic mass is 16.1. The quantitative estimate of drug-likeness (QED) is 0.841. The van der Waals surface area contributed by atoms with Crippen LogP contribution >= 0.6 is 0 Å². The summed E-state index contributed by atoms with van der Waals surface area (Å²) < 4.78 is 0. The number of nitrogens with one attached hydrogen (secondary N) is 1. The second-order valence-corrected chi connectivity index (χ2v) is 6.76. The van der Waals surface area contributed by atoms with E-state index in [9.17, 15) is 4.79 Å². The summed E-state index contributed by atoms with van der Waals surface area (Å²) in [6.07, 6.45) is 2.27. The highest BCUT2D eigenvalue weighted by Crippen LogP contribution is 2.14. The van der Waals surface area contributed by atoms with Gasteiger partial charge in [0.25, 0.3) is 0 Å². The van der Waals surface area contributed by atoms with Gasteiger partial charge >= 0.3 is 0 Å². The number of amides is 1. The molecular formula is C17H27N3O. The minimum Gasteiger partial charge on any atom is -0.352 e. The third-order valence-corrected chi connectivity index (χ3v) is 3.88. The maximum absolute atomic E-state index is 11.9. The number of likely N-dealkylation sites (tertiary alicyclic amines) is 1. The number of carbonyl (C=O) groups is 1. The number of rotatable bonds is 6. The molecule has 1 aliphatic heterocycles. The van der Waals surface area contributed by atoms with E-state index in [0.29, 0.717) is 6.42 Å². The Kier molecular flexibility index (Phi) is 5.37. The lowest BCUT2D eigenvalue weighted by molar-refractivity contribution is -0.122. The van der Waals surface area contributed by atoms with Crippen LogP contribution in [-0.4, -0.2) is 35.5 Å². The topological polar surface area (TPSA) is 58.4 Å². The Balaban J connectivity index is 1.71. The van der Waals surface area contributed by atoms with Crippen molar-refractivity contribution in [2.75, 3.05) is 13.1 Å².